The van der Waals surface area contributed by atoms with Crippen molar-refractivity contribution in [2.24, 2.45) is 5.92 Å². The first kappa shape index (κ1) is 23.3. The topological polar surface area (TPSA) is 93.2 Å². The normalized spacial score (nSPS) is 18.6. The van der Waals surface area contributed by atoms with Gasteiger partial charge in [0, 0.05) is 25.0 Å². The number of benzene rings is 1. The Morgan fingerprint density at radius 2 is 1.68 bits per heavy atom. The zero-order chi connectivity index (χ0) is 20.9. The fraction of sp³-hybridized carbons (Fsp3) is 0.550. The highest BCUT2D eigenvalue weighted by molar-refractivity contribution is 5.71. The molecular formula is C20H28N2O6. The summed E-state index contributed by atoms with van der Waals surface area (Å²) in [4.78, 5) is 40.6. The Bertz CT molecular complexity index is 645. The van der Waals surface area contributed by atoms with Crippen molar-refractivity contribution >= 4 is 18.2 Å². The van der Waals surface area contributed by atoms with E-state index in [0.717, 1.165) is 6.42 Å². The summed E-state index contributed by atoms with van der Waals surface area (Å²) in [5, 5.41) is 3.66. The van der Waals surface area contributed by atoms with Crippen LogP contribution in [0.5, 0.6) is 0 Å². The molecule has 0 saturated carbocycles. The number of likely N-dealkylation sites (N-methyl/N-ethyl adjacent to an activating group) is 1. The number of ether oxygens (including phenoxy) is 2. The molecule has 1 fully saturated rings. The first-order chi connectivity index (χ1) is 13.5. The third-order valence-corrected chi connectivity index (χ3v) is 4.47. The average molecular weight is 392 g/mol. The Labute approximate surface area is 165 Å². The number of amides is 1. The Balaban J connectivity index is 0.00000122. The van der Waals surface area contributed by atoms with Crippen molar-refractivity contribution in [3.05, 3.63) is 35.9 Å². The summed E-state index contributed by atoms with van der Waals surface area (Å²) in [6.07, 6.45) is 0.973. The Morgan fingerprint density at radius 3 is 2.21 bits per heavy atom. The van der Waals surface area contributed by atoms with Gasteiger partial charge in [0.1, 0.15) is 0 Å². The first-order valence-corrected chi connectivity index (χ1v) is 9.41. The van der Waals surface area contributed by atoms with Gasteiger partial charge in [0.05, 0.1) is 19.6 Å². The molecule has 8 nitrogen and oxygen atoms in total. The maximum absolute atomic E-state index is 12.3. The maximum atomic E-state index is 12.3. The molecule has 0 radical (unpaired) electrons. The van der Waals surface area contributed by atoms with Crippen LogP contribution in [0, 0.1) is 5.92 Å². The highest BCUT2D eigenvalue weighted by Crippen LogP contribution is 2.30. The zero-order valence-corrected chi connectivity index (χ0v) is 16.6. The molecule has 154 valence electrons. The lowest BCUT2D eigenvalue weighted by Crippen LogP contribution is -2.45. The molecule has 0 bridgehead atoms. The van der Waals surface area contributed by atoms with Crippen LogP contribution in [0.3, 0.4) is 0 Å². The van der Waals surface area contributed by atoms with Gasteiger partial charge in [-0.05, 0) is 25.8 Å². The zero-order valence-electron chi connectivity index (χ0n) is 16.6. The minimum Gasteiger partial charge on any atom is -0.466 e. The number of carbonyl (C=O) groups is 2. The number of esters is 1. The van der Waals surface area contributed by atoms with E-state index in [1.807, 2.05) is 30.1 Å². The lowest BCUT2D eigenvalue weighted by Gasteiger charge is -2.31. The molecule has 0 spiro atoms. The highest BCUT2D eigenvalue weighted by Gasteiger charge is 2.43. The van der Waals surface area contributed by atoms with Gasteiger partial charge < -0.3 is 9.47 Å². The van der Waals surface area contributed by atoms with Crippen LogP contribution in [-0.4, -0.2) is 60.6 Å². The Hall–Kier alpha value is -2.70. The van der Waals surface area contributed by atoms with Crippen LogP contribution in [0.2, 0.25) is 0 Å². The molecule has 28 heavy (non-hydrogen) atoms. The first-order valence-electron chi connectivity index (χ1n) is 9.41. The minimum absolute atomic E-state index is 0.0172. The van der Waals surface area contributed by atoms with E-state index in [1.54, 1.807) is 18.9 Å². The van der Waals surface area contributed by atoms with Crippen molar-refractivity contribution in [2.45, 2.75) is 39.7 Å². The van der Waals surface area contributed by atoms with E-state index < -0.39 is 0 Å². The molecular weight excluding hydrogens is 364 g/mol. The number of rotatable bonds is 7. The van der Waals surface area contributed by atoms with Gasteiger partial charge in [-0.15, -0.1) is 0 Å². The molecule has 0 aromatic heterocycles. The standard InChI is InChI=1S/C19H28N2O4.CO2/c1-4-20-17(12-15-10-8-7-9-11-15)16(13-18(22)24-5-2)14-21(20)19(23)25-6-3;2-1-3/h7-11,16-17H,4-6,12-14H2,1-3H3;/t16-,17+;/m0./s1. The van der Waals surface area contributed by atoms with Gasteiger partial charge in [-0.25, -0.2) is 14.8 Å². The van der Waals surface area contributed by atoms with E-state index in [9.17, 15) is 9.59 Å². The van der Waals surface area contributed by atoms with Crippen LogP contribution >= 0.6 is 0 Å². The van der Waals surface area contributed by atoms with Crippen molar-refractivity contribution in [1.29, 1.82) is 0 Å². The number of hydrogen-bond acceptors (Lipinski definition) is 7. The predicted octanol–water partition coefficient (Wildman–Crippen LogP) is 2.29. The summed E-state index contributed by atoms with van der Waals surface area (Å²) in [5.41, 5.74) is 1.19. The number of carbonyl (C=O) groups excluding carboxylic acids is 4. The van der Waals surface area contributed by atoms with Gasteiger partial charge in [0.25, 0.3) is 0 Å². The highest BCUT2D eigenvalue weighted by atomic mass is 16.6. The van der Waals surface area contributed by atoms with E-state index in [-0.39, 0.29) is 30.2 Å². The van der Waals surface area contributed by atoms with Crippen LogP contribution in [0.25, 0.3) is 0 Å². The summed E-state index contributed by atoms with van der Waals surface area (Å²) in [6.45, 7) is 7.46. The smallest absolute Gasteiger partial charge is 0.424 e. The lowest BCUT2D eigenvalue weighted by molar-refractivity contribution is -0.191. The molecule has 1 aromatic carbocycles. The molecule has 1 aliphatic rings. The van der Waals surface area contributed by atoms with Crippen LogP contribution in [-0.2, 0) is 30.3 Å². The molecule has 1 aliphatic heterocycles. The van der Waals surface area contributed by atoms with Gasteiger partial charge in [-0.1, -0.05) is 37.3 Å². The molecule has 8 heteroatoms. The second-order valence-electron chi connectivity index (χ2n) is 6.15. The molecule has 1 amide bonds. The van der Waals surface area contributed by atoms with E-state index in [4.69, 9.17) is 19.1 Å². The van der Waals surface area contributed by atoms with Gasteiger partial charge in [0.2, 0.25) is 0 Å². The van der Waals surface area contributed by atoms with E-state index in [2.05, 4.69) is 12.1 Å². The van der Waals surface area contributed by atoms with Crippen LogP contribution in [0.15, 0.2) is 30.3 Å². The van der Waals surface area contributed by atoms with Crippen LogP contribution in [0.1, 0.15) is 32.8 Å². The third-order valence-electron chi connectivity index (χ3n) is 4.47. The van der Waals surface area contributed by atoms with Crippen molar-refractivity contribution in [2.75, 3.05) is 26.3 Å². The molecule has 1 aromatic rings. The molecule has 2 rings (SSSR count). The summed E-state index contributed by atoms with van der Waals surface area (Å²) in [6, 6.07) is 10.2. The number of hydrazine groups is 1. The van der Waals surface area contributed by atoms with Crippen LogP contribution < -0.4 is 0 Å². The van der Waals surface area contributed by atoms with Gasteiger partial charge in [0.15, 0.2) is 0 Å². The Kier molecular flexibility index (Phi) is 10.5. The number of hydrogen-bond donors (Lipinski definition) is 0. The molecule has 1 heterocycles. The predicted molar refractivity (Wildman–Crippen MR) is 99.8 cm³/mol. The monoisotopic (exact) mass is 392 g/mol. The van der Waals surface area contributed by atoms with Gasteiger partial charge in [-0.3, -0.25) is 4.79 Å². The van der Waals surface area contributed by atoms with Crippen LogP contribution in [0.4, 0.5) is 4.79 Å². The summed E-state index contributed by atoms with van der Waals surface area (Å²) < 4.78 is 10.3. The SMILES string of the molecule is CCOC(=O)C[C@H]1CN(C(=O)OCC)N(CC)[C@@H]1Cc1ccccc1.O=C=O. The lowest BCUT2D eigenvalue weighted by atomic mass is 9.92. The van der Waals surface area contributed by atoms with Gasteiger partial charge in [-0.2, -0.15) is 9.59 Å². The average Bonchev–Trinajstić information content (AvgIpc) is 3.01. The molecule has 1 saturated heterocycles. The fourth-order valence-electron chi connectivity index (χ4n) is 3.42. The maximum Gasteiger partial charge on any atom is 0.424 e. The van der Waals surface area contributed by atoms with Crippen molar-refractivity contribution in [3.8, 4) is 0 Å². The summed E-state index contributed by atoms with van der Waals surface area (Å²) in [5.74, 6) is -0.198. The molecule has 0 aliphatic carbocycles. The second kappa shape index (κ2) is 12.6. The summed E-state index contributed by atoms with van der Waals surface area (Å²) in [7, 11) is 0. The van der Waals surface area contributed by atoms with Crippen molar-refractivity contribution in [1.82, 2.24) is 10.0 Å². The van der Waals surface area contributed by atoms with E-state index >= 15 is 0 Å². The van der Waals surface area contributed by atoms with Crippen molar-refractivity contribution in [3.63, 3.8) is 0 Å². The second-order valence-corrected chi connectivity index (χ2v) is 6.15. The van der Waals surface area contributed by atoms with E-state index in [0.29, 0.717) is 32.7 Å². The summed E-state index contributed by atoms with van der Waals surface area (Å²) >= 11 is 0. The van der Waals surface area contributed by atoms with Gasteiger partial charge >= 0.3 is 18.2 Å². The van der Waals surface area contributed by atoms with E-state index in [1.165, 1.54) is 5.56 Å². The minimum atomic E-state index is -0.353. The molecule has 2 atom stereocenters. The largest absolute Gasteiger partial charge is 0.466 e. The molecule has 0 unspecified atom stereocenters. The fourth-order valence-corrected chi connectivity index (χ4v) is 3.42. The Morgan fingerprint density at radius 1 is 1.07 bits per heavy atom. The quantitative estimate of drug-likeness (QED) is 0.657. The van der Waals surface area contributed by atoms with Crippen molar-refractivity contribution < 1.29 is 28.7 Å². The molecule has 0 N–H and O–H groups in total. The third kappa shape index (κ3) is 6.79. The number of nitrogens with zero attached hydrogens (tertiary/aromatic N) is 2.